The maximum absolute atomic E-state index is 14.0. The topological polar surface area (TPSA) is 91.8 Å². The zero-order valence-electron chi connectivity index (χ0n) is 20.2. The number of hydrogen-bond acceptors (Lipinski definition) is 4. The van der Waals surface area contributed by atoms with Gasteiger partial charge in [0.25, 0.3) is 21.9 Å². The quantitative estimate of drug-likeness (QED) is 0.114. The van der Waals surface area contributed by atoms with Crippen LogP contribution in [-0.2, 0) is 10.1 Å². The monoisotopic (exact) mass is 527 g/mol. The van der Waals surface area contributed by atoms with Crippen LogP contribution in [0.3, 0.4) is 0 Å². The van der Waals surface area contributed by atoms with Gasteiger partial charge in [-0.1, -0.05) is 72.8 Å². The highest BCUT2D eigenvalue weighted by Crippen LogP contribution is 2.45. The summed E-state index contributed by atoms with van der Waals surface area (Å²) in [5.41, 5.74) is 1.06. The van der Waals surface area contributed by atoms with Crippen LogP contribution in [0.5, 0.6) is 0 Å². The lowest BCUT2D eigenvalue weighted by Crippen LogP contribution is -2.40. The summed E-state index contributed by atoms with van der Waals surface area (Å²) in [6.45, 7) is 0. The van der Waals surface area contributed by atoms with E-state index in [4.69, 9.17) is 0 Å². The Morgan fingerprint density at radius 3 is 1.64 bits per heavy atom. The number of benzene rings is 7. The Balaban J connectivity index is 1.44. The first-order valence-corrected chi connectivity index (χ1v) is 13.8. The molecule has 0 atom stereocenters. The third-order valence-corrected chi connectivity index (χ3v) is 8.80. The molecule has 0 saturated heterocycles. The van der Waals surface area contributed by atoms with Gasteiger partial charge in [-0.15, -0.1) is 0 Å². The van der Waals surface area contributed by atoms with Crippen molar-refractivity contribution in [2.24, 2.45) is 0 Å². The molecule has 0 aromatic heterocycles. The predicted molar refractivity (Wildman–Crippen MR) is 153 cm³/mol. The molecule has 7 aromatic rings. The number of carbonyl (C=O) groups excluding carboxylic acids is 2. The molecule has 1 N–H and O–H groups in total. The Hall–Kier alpha value is -4.85. The smallest absolute Gasteiger partial charge is 0.282 e. The zero-order chi connectivity index (χ0) is 26.6. The summed E-state index contributed by atoms with van der Waals surface area (Å²) in [6, 6.07) is 28.9. The second-order valence-electron chi connectivity index (χ2n) is 9.83. The van der Waals surface area contributed by atoms with Crippen molar-refractivity contribution in [1.29, 1.82) is 0 Å². The van der Waals surface area contributed by atoms with Gasteiger partial charge < -0.3 is 0 Å². The first kappa shape index (κ1) is 22.2. The molecule has 1 aliphatic heterocycles. The van der Waals surface area contributed by atoms with Crippen LogP contribution in [0, 0.1) is 0 Å². The van der Waals surface area contributed by atoms with Gasteiger partial charge in [0, 0.05) is 27.3 Å². The molecule has 186 valence electrons. The normalized spacial score (nSPS) is 14.0. The van der Waals surface area contributed by atoms with Gasteiger partial charge in [-0.2, -0.15) is 8.42 Å². The molecule has 0 saturated carbocycles. The lowest BCUT2D eigenvalue weighted by molar-refractivity contribution is 0.0894. The maximum atomic E-state index is 14.0. The minimum absolute atomic E-state index is 0.221. The fourth-order valence-electron chi connectivity index (χ4n) is 6.32. The molecule has 8 rings (SSSR count). The maximum Gasteiger partial charge on any atom is 0.295 e. The van der Waals surface area contributed by atoms with Crippen molar-refractivity contribution in [1.82, 2.24) is 0 Å². The van der Waals surface area contributed by atoms with Gasteiger partial charge in [0.1, 0.15) is 4.90 Å². The van der Waals surface area contributed by atoms with Crippen LogP contribution >= 0.6 is 0 Å². The second-order valence-corrected chi connectivity index (χ2v) is 11.2. The molecular formula is C32H17NO5S. The summed E-state index contributed by atoms with van der Waals surface area (Å²) in [6.07, 6.45) is 0. The molecule has 0 unspecified atom stereocenters. The first-order valence-electron chi connectivity index (χ1n) is 12.3. The van der Waals surface area contributed by atoms with E-state index in [1.54, 1.807) is 30.3 Å². The summed E-state index contributed by atoms with van der Waals surface area (Å²) < 4.78 is 33.8. The summed E-state index contributed by atoms with van der Waals surface area (Å²) in [5.74, 6) is -0.976. The van der Waals surface area contributed by atoms with Crippen LogP contribution < -0.4 is 4.90 Å². The largest absolute Gasteiger partial charge is 0.295 e. The van der Waals surface area contributed by atoms with E-state index in [0.717, 1.165) is 42.6 Å². The van der Waals surface area contributed by atoms with Crippen molar-refractivity contribution in [2.75, 3.05) is 4.90 Å². The second kappa shape index (κ2) is 7.38. The van der Waals surface area contributed by atoms with Gasteiger partial charge >= 0.3 is 0 Å². The Morgan fingerprint density at radius 1 is 0.513 bits per heavy atom. The number of fused-ring (bicyclic) bond motifs is 3. The third-order valence-electron chi connectivity index (χ3n) is 7.89. The summed E-state index contributed by atoms with van der Waals surface area (Å²) in [4.78, 5) is 28.9. The molecule has 1 aliphatic rings. The van der Waals surface area contributed by atoms with Crippen molar-refractivity contribution in [3.8, 4) is 0 Å². The zero-order valence-corrected chi connectivity index (χ0v) is 21.0. The van der Waals surface area contributed by atoms with Crippen LogP contribution in [0.4, 0.5) is 5.69 Å². The Morgan fingerprint density at radius 2 is 1.05 bits per heavy atom. The van der Waals surface area contributed by atoms with Crippen molar-refractivity contribution in [3.05, 3.63) is 108 Å². The number of anilines is 1. The van der Waals surface area contributed by atoms with Gasteiger partial charge in [-0.3, -0.25) is 14.1 Å². The molecule has 2 amide bonds. The van der Waals surface area contributed by atoms with E-state index in [0.29, 0.717) is 21.9 Å². The van der Waals surface area contributed by atoms with Crippen LogP contribution in [-0.4, -0.2) is 24.8 Å². The van der Waals surface area contributed by atoms with Crippen LogP contribution in [0.25, 0.3) is 53.9 Å². The lowest BCUT2D eigenvalue weighted by atomic mass is 9.84. The van der Waals surface area contributed by atoms with E-state index in [9.17, 15) is 22.6 Å². The molecule has 7 heteroatoms. The molecule has 0 spiro atoms. The Kier molecular flexibility index (Phi) is 4.19. The van der Waals surface area contributed by atoms with Gasteiger partial charge in [0.15, 0.2) is 0 Å². The van der Waals surface area contributed by atoms with E-state index in [-0.39, 0.29) is 16.0 Å². The van der Waals surface area contributed by atoms with E-state index in [2.05, 4.69) is 24.3 Å². The first-order chi connectivity index (χ1) is 18.8. The molecule has 0 aliphatic carbocycles. The van der Waals surface area contributed by atoms with E-state index in [1.807, 2.05) is 24.3 Å². The Labute approximate surface area is 221 Å². The molecule has 0 fully saturated rings. The molecule has 0 bridgehead atoms. The number of hydrogen-bond donors (Lipinski definition) is 1. The van der Waals surface area contributed by atoms with E-state index in [1.165, 1.54) is 18.2 Å². The van der Waals surface area contributed by atoms with E-state index >= 15 is 0 Å². The highest BCUT2D eigenvalue weighted by Gasteiger charge is 2.36. The number of nitrogens with zero attached hydrogens (tertiary/aromatic N) is 1. The summed E-state index contributed by atoms with van der Waals surface area (Å²) in [7, 11) is -4.52. The van der Waals surface area contributed by atoms with Gasteiger partial charge in [-0.25, -0.2) is 4.90 Å². The van der Waals surface area contributed by atoms with Gasteiger partial charge in [0.2, 0.25) is 0 Å². The molecule has 39 heavy (non-hydrogen) atoms. The summed E-state index contributed by atoms with van der Waals surface area (Å²) >= 11 is 0. The summed E-state index contributed by atoms with van der Waals surface area (Å²) in [5, 5.41) is 8.45. The average Bonchev–Trinajstić information content (AvgIpc) is 2.94. The van der Waals surface area contributed by atoms with Crippen LogP contribution in [0.1, 0.15) is 20.7 Å². The number of rotatable bonds is 2. The standard InChI is InChI=1S/C32H17NO5S/c34-31-24-13-11-22-20-9-3-5-17-6-4-10-21(28(17)20)23-12-14-25(30(24)29(22)23)32(35)33(31)26-15-16-27(39(36,37)38)19-8-2-1-7-18(19)26/h1-16H,(H,36,37,38). The van der Waals surface area contributed by atoms with Crippen molar-refractivity contribution >= 4 is 81.5 Å². The van der Waals surface area contributed by atoms with Gasteiger partial charge in [-0.05, 0) is 62.0 Å². The number of imide groups is 1. The Bertz CT molecular complexity index is 2260. The molecule has 0 radical (unpaired) electrons. The minimum atomic E-state index is -4.52. The number of amides is 2. The SMILES string of the molecule is O=C1c2ccc3c4cccc5cccc(c6ccc(c2c36)C(=O)N1c1ccc(S(=O)(=O)O)c2ccccc12)c54. The fourth-order valence-corrected chi connectivity index (χ4v) is 7.01. The highest BCUT2D eigenvalue weighted by atomic mass is 32.2. The van der Waals surface area contributed by atoms with Crippen molar-refractivity contribution in [3.63, 3.8) is 0 Å². The molecule has 6 nitrogen and oxygen atoms in total. The average molecular weight is 528 g/mol. The van der Waals surface area contributed by atoms with Crippen LogP contribution in [0.2, 0.25) is 0 Å². The lowest BCUT2D eigenvalue weighted by Gasteiger charge is -2.29. The third kappa shape index (κ3) is 2.80. The molecule has 1 heterocycles. The van der Waals surface area contributed by atoms with Crippen LogP contribution in [0.15, 0.2) is 102 Å². The fraction of sp³-hybridized carbons (Fsp3) is 0. The van der Waals surface area contributed by atoms with Crippen molar-refractivity contribution in [2.45, 2.75) is 4.90 Å². The molecular weight excluding hydrogens is 510 g/mol. The predicted octanol–water partition coefficient (Wildman–Crippen LogP) is 6.94. The molecule has 7 aromatic carbocycles. The van der Waals surface area contributed by atoms with Gasteiger partial charge in [0.05, 0.1) is 5.69 Å². The van der Waals surface area contributed by atoms with E-state index < -0.39 is 21.9 Å². The highest BCUT2D eigenvalue weighted by molar-refractivity contribution is 7.86. The minimum Gasteiger partial charge on any atom is -0.282 e. The number of carbonyl (C=O) groups is 2. The van der Waals surface area contributed by atoms with Crippen molar-refractivity contribution < 1.29 is 22.6 Å².